The predicted octanol–water partition coefficient (Wildman–Crippen LogP) is 3.20. The molecule has 1 aliphatic carbocycles. The highest BCUT2D eigenvalue weighted by Gasteiger charge is 2.20. The van der Waals surface area contributed by atoms with Crippen LogP contribution in [0.15, 0.2) is 12.3 Å². The van der Waals surface area contributed by atoms with Gasteiger partial charge in [0, 0.05) is 18.7 Å². The van der Waals surface area contributed by atoms with Crippen LogP contribution in [-0.2, 0) is 6.42 Å². The number of hydrogen-bond acceptors (Lipinski definition) is 3. The van der Waals surface area contributed by atoms with Gasteiger partial charge in [-0.05, 0) is 31.2 Å². The van der Waals surface area contributed by atoms with E-state index in [-0.39, 0.29) is 0 Å². The maximum atomic E-state index is 5.73. The molecular formula is C16H30N4. The van der Waals surface area contributed by atoms with Crippen molar-refractivity contribution in [2.45, 2.75) is 77.3 Å². The van der Waals surface area contributed by atoms with Crippen molar-refractivity contribution in [1.29, 1.82) is 0 Å². The van der Waals surface area contributed by atoms with Crippen LogP contribution in [0.4, 0.5) is 0 Å². The van der Waals surface area contributed by atoms with Crippen LogP contribution in [0.1, 0.15) is 70.5 Å². The minimum atomic E-state index is 0.364. The molecule has 0 radical (unpaired) electrons. The normalized spacial score (nSPS) is 18.0. The average molecular weight is 278 g/mol. The van der Waals surface area contributed by atoms with E-state index < -0.39 is 0 Å². The molecule has 1 aromatic heterocycles. The summed E-state index contributed by atoms with van der Waals surface area (Å²) in [4.78, 5) is 0. The zero-order chi connectivity index (χ0) is 14.4. The van der Waals surface area contributed by atoms with Gasteiger partial charge in [0.15, 0.2) is 0 Å². The van der Waals surface area contributed by atoms with Crippen molar-refractivity contribution >= 4 is 0 Å². The molecule has 1 heterocycles. The van der Waals surface area contributed by atoms with E-state index in [1.807, 2.05) is 0 Å². The first-order valence-electron chi connectivity index (χ1n) is 8.26. The predicted molar refractivity (Wildman–Crippen MR) is 83.2 cm³/mol. The lowest BCUT2D eigenvalue weighted by Crippen LogP contribution is -2.38. The Morgan fingerprint density at radius 3 is 2.65 bits per heavy atom. The summed E-state index contributed by atoms with van der Waals surface area (Å²) >= 11 is 0. The zero-order valence-corrected chi connectivity index (χ0v) is 13.0. The first-order valence-corrected chi connectivity index (χ1v) is 8.26. The van der Waals surface area contributed by atoms with Gasteiger partial charge in [-0.3, -0.25) is 16.0 Å². The van der Waals surface area contributed by atoms with Crippen molar-refractivity contribution in [3.8, 4) is 0 Å². The highest BCUT2D eigenvalue weighted by molar-refractivity contribution is 5.02. The molecule has 0 saturated heterocycles. The number of nitrogens with one attached hydrogen (secondary N) is 1. The Labute approximate surface area is 123 Å². The number of hydrogen-bond donors (Lipinski definition) is 2. The van der Waals surface area contributed by atoms with Crippen LogP contribution in [0.3, 0.4) is 0 Å². The standard InChI is InChI=1S/C16H30N4/c1-3-16(4-2)20-10-9-14(19-20)12-15(18-17)11-13-7-5-6-8-13/h9-10,13,15-16,18H,3-8,11-12,17H2,1-2H3. The van der Waals surface area contributed by atoms with Gasteiger partial charge in [-0.2, -0.15) is 5.10 Å². The summed E-state index contributed by atoms with van der Waals surface area (Å²) in [5, 5.41) is 4.74. The topological polar surface area (TPSA) is 55.9 Å². The van der Waals surface area contributed by atoms with Gasteiger partial charge in [0.25, 0.3) is 0 Å². The molecule has 114 valence electrons. The SMILES string of the molecule is CCC(CC)n1ccc(CC(CC2CCCC2)NN)n1. The highest BCUT2D eigenvalue weighted by atomic mass is 15.3. The molecule has 1 aromatic rings. The number of rotatable bonds is 8. The Balaban J connectivity index is 1.90. The molecule has 0 bridgehead atoms. The number of nitrogens with zero attached hydrogens (tertiary/aromatic N) is 2. The van der Waals surface area contributed by atoms with Crippen LogP contribution in [0, 0.1) is 5.92 Å². The molecular weight excluding hydrogens is 248 g/mol. The molecule has 3 N–H and O–H groups in total. The van der Waals surface area contributed by atoms with E-state index in [9.17, 15) is 0 Å². The maximum Gasteiger partial charge on any atom is 0.0640 e. The third kappa shape index (κ3) is 4.06. The largest absolute Gasteiger partial charge is 0.271 e. The zero-order valence-electron chi connectivity index (χ0n) is 13.0. The summed E-state index contributed by atoms with van der Waals surface area (Å²) in [5.41, 5.74) is 4.16. The molecule has 2 rings (SSSR count). The number of hydrazine groups is 1. The molecule has 1 unspecified atom stereocenters. The molecule has 1 atom stereocenters. The Morgan fingerprint density at radius 2 is 2.05 bits per heavy atom. The Hall–Kier alpha value is -0.870. The molecule has 4 heteroatoms. The highest BCUT2D eigenvalue weighted by Crippen LogP contribution is 2.29. The molecule has 4 nitrogen and oxygen atoms in total. The van der Waals surface area contributed by atoms with Gasteiger partial charge in [0.05, 0.1) is 11.7 Å². The smallest absolute Gasteiger partial charge is 0.0640 e. The van der Waals surface area contributed by atoms with E-state index >= 15 is 0 Å². The number of aromatic nitrogens is 2. The van der Waals surface area contributed by atoms with Crippen molar-refractivity contribution in [3.05, 3.63) is 18.0 Å². The molecule has 0 aliphatic heterocycles. The monoisotopic (exact) mass is 278 g/mol. The van der Waals surface area contributed by atoms with Crippen LogP contribution >= 0.6 is 0 Å². The van der Waals surface area contributed by atoms with Crippen molar-refractivity contribution in [1.82, 2.24) is 15.2 Å². The van der Waals surface area contributed by atoms with Crippen LogP contribution in [-0.4, -0.2) is 15.8 Å². The minimum absolute atomic E-state index is 0.364. The van der Waals surface area contributed by atoms with Crippen molar-refractivity contribution < 1.29 is 0 Å². The summed E-state index contributed by atoms with van der Waals surface area (Å²) in [7, 11) is 0. The second-order valence-electron chi connectivity index (χ2n) is 6.21. The van der Waals surface area contributed by atoms with Crippen molar-refractivity contribution in [2.75, 3.05) is 0 Å². The van der Waals surface area contributed by atoms with Crippen molar-refractivity contribution in [2.24, 2.45) is 11.8 Å². The molecule has 1 aliphatic rings. The van der Waals surface area contributed by atoms with Crippen LogP contribution in [0.5, 0.6) is 0 Å². The van der Waals surface area contributed by atoms with E-state index in [0.29, 0.717) is 12.1 Å². The van der Waals surface area contributed by atoms with Gasteiger partial charge in [0.2, 0.25) is 0 Å². The summed E-state index contributed by atoms with van der Waals surface area (Å²) in [6.07, 6.45) is 12.1. The van der Waals surface area contributed by atoms with E-state index in [1.54, 1.807) is 0 Å². The lowest BCUT2D eigenvalue weighted by molar-refractivity contribution is 0.382. The molecule has 20 heavy (non-hydrogen) atoms. The van der Waals surface area contributed by atoms with Gasteiger partial charge in [0.1, 0.15) is 0 Å². The Kier molecular flexibility index (Phi) is 6.05. The molecule has 1 fully saturated rings. The van der Waals surface area contributed by atoms with Gasteiger partial charge >= 0.3 is 0 Å². The minimum Gasteiger partial charge on any atom is -0.271 e. The second kappa shape index (κ2) is 7.79. The van der Waals surface area contributed by atoms with Gasteiger partial charge < -0.3 is 0 Å². The van der Waals surface area contributed by atoms with E-state index in [0.717, 1.165) is 30.9 Å². The fourth-order valence-corrected chi connectivity index (χ4v) is 3.46. The van der Waals surface area contributed by atoms with Crippen LogP contribution < -0.4 is 11.3 Å². The summed E-state index contributed by atoms with van der Waals surface area (Å²) in [6, 6.07) is 3.04. The average Bonchev–Trinajstić information content (AvgIpc) is 3.12. The lowest BCUT2D eigenvalue weighted by Gasteiger charge is -2.19. The lowest BCUT2D eigenvalue weighted by atomic mass is 9.96. The third-order valence-electron chi connectivity index (χ3n) is 4.76. The van der Waals surface area contributed by atoms with E-state index in [4.69, 9.17) is 10.9 Å². The van der Waals surface area contributed by atoms with Crippen molar-refractivity contribution in [3.63, 3.8) is 0 Å². The van der Waals surface area contributed by atoms with Crippen LogP contribution in [0.2, 0.25) is 0 Å². The first-order chi connectivity index (χ1) is 9.76. The molecule has 0 amide bonds. The van der Waals surface area contributed by atoms with Gasteiger partial charge in [-0.1, -0.05) is 39.5 Å². The molecule has 0 aromatic carbocycles. The Bertz CT molecular complexity index is 378. The fraction of sp³-hybridized carbons (Fsp3) is 0.812. The quantitative estimate of drug-likeness (QED) is 0.567. The second-order valence-corrected chi connectivity index (χ2v) is 6.21. The van der Waals surface area contributed by atoms with E-state index in [1.165, 1.54) is 32.1 Å². The number of nitrogens with two attached hydrogens (primary N) is 1. The summed E-state index contributed by atoms with van der Waals surface area (Å²) < 4.78 is 2.12. The van der Waals surface area contributed by atoms with Gasteiger partial charge in [-0.15, -0.1) is 0 Å². The van der Waals surface area contributed by atoms with Gasteiger partial charge in [-0.25, -0.2) is 0 Å². The first kappa shape index (κ1) is 15.5. The summed E-state index contributed by atoms with van der Waals surface area (Å²) in [6.45, 7) is 4.44. The van der Waals surface area contributed by atoms with Crippen LogP contribution in [0.25, 0.3) is 0 Å². The third-order valence-corrected chi connectivity index (χ3v) is 4.76. The summed E-state index contributed by atoms with van der Waals surface area (Å²) in [5.74, 6) is 6.59. The molecule has 0 spiro atoms. The maximum absolute atomic E-state index is 5.73. The molecule has 1 saturated carbocycles. The fourth-order valence-electron chi connectivity index (χ4n) is 3.46. The van der Waals surface area contributed by atoms with E-state index in [2.05, 4.69) is 36.2 Å². The Morgan fingerprint density at radius 1 is 1.35 bits per heavy atom.